The first-order valence-electron chi connectivity index (χ1n) is 10.7. The molecule has 0 atom stereocenters. The number of carbonyl (C=O) groups excluding carboxylic acids is 1. The van der Waals surface area contributed by atoms with Crippen molar-refractivity contribution in [1.82, 2.24) is 24.5 Å². The van der Waals surface area contributed by atoms with Gasteiger partial charge in [-0.1, -0.05) is 35.9 Å². The highest BCUT2D eigenvalue weighted by molar-refractivity contribution is 7.99. The second-order valence-corrected chi connectivity index (χ2v) is 10.9. The number of carbonyl (C=O) groups is 1. The number of nitrogens with one attached hydrogen (secondary N) is 1. The van der Waals surface area contributed by atoms with Gasteiger partial charge in [-0.25, -0.2) is 8.42 Å². The van der Waals surface area contributed by atoms with E-state index in [4.69, 9.17) is 0 Å². The molecule has 0 saturated carbocycles. The van der Waals surface area contributed by atoms with Crippen LogP contribution >= 0.6 is 11.8 Å². The van der Waals surface area contributed by atoms with Crippen LogP contribution in [0.3, 0.4) is 0 Å². The highest BCUT2D eigenvalue weighted by Gasteiger charge is 2.25. The van der Waals surface area contributed by atoms with Crippen molar-refractivity contribution in [2.45, 2.75) is 43.2 Å². The summed E-state index contributed by atoms with van der Waals surface area (Å²) in [5.74, 6) is -0.124. The SMILES string of the molecule is Cc1ccc(-n2nnnc2SCC(=O)Nc2ccc(S(=O)(=O)N3CCCCC3)cc2)c(C)c1. The van der Waals surface area contributed by atoms with E-state index in [9.17, 15) is 13.2 Å². The number of hydrogen-bond acceptors (Lipinski definition) is 7. The molecule has 1 aromatic heterocycles. The number of rotatable bonds is 7. The largest absolute Gasteiger partial charge is 0.325 e. The Labute approximate surface area is 197 Å². The summed E-state index contributed by atoms with van der Waals surface area (Å²) in [5, 5.41) is 15.1. The molecule has 1 fully saturated rings. The zero-order valence-electron chi connectivity index (χ0n) is 18.6. The molecule has 0 radical (unpaired) electrons. The summed E-state index contributed by atoms with van der Waals surface area (Å²) in [6.07, 6.45) is 2.83. The maximum Gasteiger partial charge on any atom is 0.243 e. The maximum atomic E-state index is 12.8. The number of sulfonamides is 1. The Morgan fingerprint density at radius 2 is 1.79 bits per heavy atom. The van der Waals surface area contributed by atoms with Gasteiger partial charge in [-0.3, -0.25) is 4.79 Å². The molecule has 3 aromatic rings. The first-order chi connectivity index (χ1) is 15.8. The summed E-state index contributed by atoms with van der Waals surface area (Å²) in [5.41, 5.74) is 3.58. The van der Waals surface area contributed by atoms with Gasteiger partial charge < -0.3 is 5.32 Å². The quantitative estimate of drug-likeness (QED) is 0.511. The van der Waals surface area contributed by atoms with Crippen molar-refractivity contribution in [3.8, 4) is 5.69 Å². The number of piperidine rings is 1. The van der Waals surface area contributed by atoms with Crippen LogP contribution in [0.2, 0.25) is 0 Å². The third-order valence-electron chi connectivity index (χ3n) is 5.44. The molecular weight excluding hydrogens is 460 g/mol. The van der Waals surface area contributed by atoms with E-state index in [2.05, 4.69) is 20.8 Å². The molecule has 0 spiro atoms. The molecule has 1 aliphatic rings. The normalized spacial score (nSPS) is 14.8. The Balaban J connectivity index is 1.37. The van der Waals surface area contributed by atoms with E-state index in [1.165, 1.54) is 28.2 Å². The fourth-order valence-electron chi connectivity index (χ4n) is 3.75. The molecular formula is C22H26N6O3S2. The van der Waals surface area contributed by atoms with Crippen LogP contribution in [0.25, 0.3) is 5.69 Å². The van der Waals surface area contributed by atoms with E-state index in [1.54, 1.807) is 16.8 Å². The average Bonchev–Trinajstić information content (AvgIpc) is 3.27. The summed E-state index contributed by atoms with van der Waals surface area (Å²) < 4.78 is 28.7. The maximum absolute atomic E-state index is 12.8. The number of thioether (sulfide) groups is 1. The number of amides is 1. The van der Waals surface area contributed by atoms with Crippen LogP contribution in [0.5, 0.6) is 0 Å². The van der Waals surface area contributed by atoms with E-state index in [-0.39, 0.29) is 16.6 Å². The molecule has 2 aromatic carbocycles. The van der Waals surface area contributed by atoms with E-state index < -0.39 is 10.0 Å². The molecule has 2 heterocycles. The Morgan fingerprint density at radius 3 is 2.48 bits per heavy atom. The van der Waals surface area contributed by atoms with Crippen LogP contribution in [-0.2, 0) is 14.8 Å². The van der Waals surface area contributed by atoms with Crippen LogP contribution in [0, 0.1) is 13.8 Å². The number of benzene rings is 2. The first kappa shape index (κ1) is 23.4. The van der Waals surface area contributed by atoms with Crippen molar-refractivity contribution in [2.24, 2.45) is 0 Å². The standard InChI is InChI=1S/C22H26N6O3S2/c1-16-6-11-20(17(2)14-16)28-22(24-25-26-28)32-15-21(29)23-18-7-9-19(10-8-18)33(30,31)27-12-4-3-5-13-27/h6-11,14H,3-5,12-13,15H2,1-2H3,(H,23,29). The van der Waals surface area contributed by atoms with Gasteiger partial charge >= 0.3 is 0 Å². The van der Waals surface area contributed by atoms with Gasteiger partial charge in [0, 0.05) is 18.8 Å². The molecule has 11 heteroatoms. The molecule has 174 valence electrons. The minimum absolute atomic E-state index is 0.110. The smallest absolute Gasteiger partial charge is 0.243 e. The summed E-state index contributed by atoms with van der Waals surface area (Å²) in [4.78, 5) is 12.7. The topological polar surface area (TPSA) is 110 Å². The van der Waals surface area contributed by atoms with Crippen molar-refractivity contribution < 1.29 is 13.2 Å². The number of aryl methyl sites for hydroxylation is 2. The van der Waals surface area contributed by atoms with Crippen LogP contribution in [0.4, 0.5) is 5.69 Å². The minimum Gasteiger partial charge on any atom is -0.325 e. The third-order valence-corrected chi connectivity index (χ3v) is 8.28. The number of nitrogens with zero attached hydrogens (tertiary/aromatic N) is 5. The molecule has 4 rings (SSSR count). The summed E-state index contributed by atoms with van der Waals surface area (Å²) in [7, 11) is -3.49. The fourth-order valence-corrected chi connectivity index (χ4v) is 5.96. The van der Waals surface area contributed by atoms with Crippen LogP contribution < -0.4 is 5.32 Å². The Morgan fingerprint density at radius 1 is 1.06 bits per heavy atom. The lowest BCUT2D eigenvalue weighted by Crippen LogP contribution is -2.35. The molecule has 1 saturated heterocycles. The Hall–Kier alpha value is -2.76. The molecule has 1 N–H and O–H groups in total. The lowest BCUT2D eigenvalue weighted by atomic mass is 10.1. The lowest BCUT2D eigenvalue weighted by Gasteiger charge is -2.25. The van der Waals surface area contributed by atoms with Gasteiger partial charge in [-0.05, 0) is 73.0 Å². The van der Waals surface area contributed by atoms with Crippen molar-refractivity contribution in [1.29, 1.82) is 0 Å². The van der Waals surface area contributed by atoms with Gasteiger partial charge in [0.05, 0.1) is 16.3 Å². The molecule has 0 aliphatic carbocycles. The van der Waals surface area contributed by atoms with Gasteiger partial charge in [0.1, 0.15) is 0 Å². The van der Waals surface area contributed by atoms with Crippen molar-refractivity contribution in [3.05, 3.63) is 53.6 Å². The minimum atomic E-state index is -3.49. The second kappa shape index (κ2) is 10.0. The third kappa shape index (κ3) is 5.43. The molecule has 0 unspecified atom stereocenters. The fraction of sp³-hybridized carbons (Fsp3) is 0.364. The molecule has 33 heavy (non-hydrogen) atoms. The molecule has 1 aliphatic heterocycles. The molecule has 1 amide bonds. The van der Waals surface area contributed by atoms with Crippen LogP contribution in [-0.4, -0.2) is 57.7 Å². The zero-order chi connectivity index (χ0) is 23.4. The zero-order valence-corrected chi connectivity index (χ0v) is 20.2. The van der Waals surface area contributed by atoms with Crippen molar-refractivity contribution >= 4 is 33.4 Å². The van der Waals surface area contributed by atoms with Gasteiger partial charge in [0.15, 0.2) is 0 Å². The van der Waals surface area contributed by atoms with E-state index >= 15 is 0 Å². The van der Waals surface area contributed by atoms with E-state index in [0.29, 0.717) is 23.9 Å². The Kier molecular flexibility index (Phi) is 7.11. The van der Waals surface area contributed by atoms with E-state index in [1.807, 2.05) is 32.0 Å². The molecule has 9 nitrogen and oxygen atoms in total. The van der Waals surface area contributed by atoms with Gasteiger partial charge in [0.2, 0.25) is 21.1 Å². The average molecular weight is 487 g/mol. The number of hydrogen-bond donors (Lipinski definition) is 1. The predicted octanol–water partition coefficient (Wildman–Crippen LogP) is 3.18. The first-order valence-corrected chi connectivity index (χ1v) is 13.2. The predicted molar refractivity (Wildman–Crippen MR) is 127 cm³/mol. The van der Waals surface area contributed by atoms with Crippen LogP contribution in [0.15, 0.2) is 52.5 Å². The lowest BCUT2D eigenvalue weighted by molar-refractivity contribution is -0.113. The Bertz CT molecular complexity index is 1240. The number of aromatic nitrogens is 4. The monoisotopic (exact) mass is 486 g/mol. The van der Waals surface area contributed by atoms with Crippen molar-refractivity contribution in [2.75, 3.05) is 24.2 Å². The van der Waals surface area contributed by atoms with Crippen LogP contribution in [0.1, 0.15) is 30.4 Å². The van der Waals surface area contributed by atoms with Gasteiger partial charge in [-0.2, -0.15) is 8.99 Å². The molecule has 0 bridgehead atoms. The highest BCUT2D eigenvalue weighted by atomic mass is 32.2. The summed E-state index contributed by atoms with van der Waals surface area (Å²) in [6.45, 7) is 5.12. The van der Waals surface area contributed by atoms with Gasteiger partial charge in [-0.15, -0.1) is 5.10 Å². The van der Waals surface area contributed by atoms with Crippen molar-refractivity contribution in [3.63, 3.8) is 0 Å². The highest BCUT2D eigenvalue weighted by Crippen LogP contribution is 2.23. The summed E-state index contributed by atoms with van der Waals surface area (Å²) in [6, 6.07) is 12.3. The number of anilines is 1. The number of tetrazole rings is 1. The second-order valence-electron chi connectivity index (χ2n) is 7.99. The summed E-state index contributed by atoms with van der Waals surface area (Å²) >= 11 is 1.23. The van der Waals surface area contributed by atoms with E-state index in [0.717, 1.165) is 36.1 Å². The van der Waals surface area contributed by atoms with Gasteiger partial charge in [0.25, 0.3) is 0 Å².